The number of halogens is 1. The van der Waals surface area contributed by atoms with Crippen molar-refractivity contribution in [1.29, 1.82) is 0 Å². The number of carbonyl (C=O) groups excluding carboxylic acids is 1. The summed E-state index contributed by atoms with van der Waals surface area (Å²) in [6.07, 6.45) is -0.743. The Hall–Kier alpha value is -1.56. The summed E-state index contributed by atoms with van der Waals surface area (Å²) in [4.78, 5) is 11.8. The molecule has 2 rings (SSSR count). The molecule has 0 saturated heterocycles. The van der Waals surface area contributed by atoms with E-state index in [1.165, 1.54) is 7.11 Å². The second-order valence-corrected chi connectivity index (χ2v) is 4.55. The summed E-state index contributed by atoms with van der Waals surface area (Å²) >= 11 is 5.86. The lowest BCUT2D eigenvalue weighted by atomic mass is 10.2. The van der Waals surface area contributed by atoms with Gasteiger partial charge in [-0.25, -0.2) is 0 Å². The number of rotatable bonds is 5. The van der Waals surface area contributed by atoms with Crippen molar-refractivity contribution in [1.82, 2.24) is 5.32 Å². The van der Waals surface area contributed by atoms with Crippen LogP contribution in [0.4, 0.5) is 0 Å². The first kappa shape index (κ1) is 13.9. The number of aliphatic hydroxyl groups is 1. The molecule has 0 aliphatic carbocycles. The number of fused-ring (bicyclic) bond motifs is 1. The fourth-order valence-corrected chi connectivity index (χ4v) is 1.86. The number of methoxy groups -OCH3 is 1. The number of hydrogen-bond donors (Lipinski definition) is 2. The van der Waals surface area contributed by atoms with Gasteiger partial charge in [0.15, 0.2) is 5.76 Å². The minimum atomic E-state index is -0.743. The Balaban J connectivity index is 2.05. The number of amides is 1. The van der Waals surface area contributed by atoms with Crippen LogP contribution in [0.3, 0.4) is 0 Å². The highest BCUT2D eigenvalue weighted by Gasteiger charge is 2.13. The third-order valence-corrected chi connectivity index (χ3v) is 2.79. The molecule has 102 valence electrons. The number of benzene rings is 1. The lowest BCUT2D eigenvalue weighted by Crippen LogP contribution is -2.34. The van der Waals surface area contributed by atoms with Crippen LogP contribution in [0.5, 0.6) is 0 Å². The van der Waals surface area contributed by atoms with E-state index in [1.807, 2.05) is 0 Å². The van der Waals surface area contributed by atoms with E-state index in [4.69, 9.17) is 20.8 Å². The van der Waals surface area contributed by atoms with E-state index in [0.717, 1.165) is 5.39 Å². The Bertz CT molecular complexity index is 581. The zero-order valence-corrected chi connectivity index (χ0v) is 11.1. The van der Waals surface area contributed by atoms with Crippen molar-refractivity contribution in [2.24, 2.45) is 0 Å². The molecule has 0 radical (unpaired) electrons. The first-order chi connectivity index (χ1) is 9.10. The van der Waals surface area contributed by atoms with Gasteiger partial charge in [-0.1, -0.05) is 11.6 Å². The molecule has 1 aromatic heterocycles. The maximum atomic E-state index is 11.8. The molecule has 0 bridgehead atoms. The van der Waals surface area contributed by atoms with Crippen LogP contribution in [0, 0.1) is 0 Å². The molecular formula is C13H14ClNO4. The van der Waals surface area contributed by atoms with E-state index >= 15 is 0 Å². The van der Waals surface area contributed by atoms with Gasteiger partial charge in [-0.3, -0.25) is 4.79 Å². The van der Waals surface area contributed by atoms with Crippen molar-refractivity contribution in [3.63, 3.8) is 0 Å². The third kappa shape index (κ3) is 3.47. The highest BCUT2D eigenvalue weighted by Crippen LogP contribution is 2.22. The largest absolute Gasteiger partial charge is 0.451 e. The molecule has 0 saturated carbocycles. The molecule has 0 aliphatic rings. The van der Waals surface area contributed by atoms with Gasteiger partial charge in [-0.2, -0.15) is 0 Å². The lowest BCUT2D eigenvalue weighted by molar-refractivity contribution is 0.0604. The fourth-order valence-electron chi connectivity index (χ4n) is 1.68. The van der Waals surface area contributed by atoms with E-state index in [9.17, 15) is 9.90 Å². The molecule has 0 fully saturated rings. The summed E-state index contributed by atoms with van der Waals surface area (Å²) in [5.41, 5.74) is 0.590. The van der Waals surface area contributed by atoms with Crippen LogP contribution in [-0.2, 0) is 4.74 Å². The molecule has 6 heteroatoms. The summed E-state index contributed by atoms with van der Waals surface area (Å²) in [5, 5.41) is 13.3. The van der Waals surface area contributed by atoms with Crippen molar-refractivity contribution in [2.45, 2.75) is 6.10 Å². The third-order valence-electron chi connectivity index (χ3n) is 2.56. The number of furan rings is 1. The topological polar surface area (TPSA) is 71.7 Å². The van der Waals surface area contributed by atoms with E-state index < -0.39 is 6.10 Å². The Morgan fingerprint density at radius 3 is 3.05 bits per heavy atom. The lowest BCUT2D eigenvalue weighted by Gasteiger charge is -2.09. The van der Waals surface area contributed by atoms with Crippen molar-refractivity contribution in [3.8, 4) is 0 Å². The van der Waals surface area contributed by atoms with Crippen LogP contribution in [0.2, 0.25) is 5.02 Å². The maximum absolute atomic E-state index is 11.8. The SMILES string of the molecule is COCC(O)CNC(=O)c1cc2cc(Cl)ccc2o1. The first-order valence-electron chi connectivity index (χ1n) is 5.74. The van der Waals surface area contributed by atoms with Crippen LogP contribution >= 0.6 is 11.6 Å². The standard InChI is InChI=1S/C13H14ClNO4/c1-18-7-10(16)6-15-13(17)12-5-8-4-9(14)2-3-11(8)19-12/h2-5,10,16H,6-7H2,1H3,(H,15,17). The maximum Gasteiger partial charge on any atom is 0.287 e. The highest BCUT2D eigenvalue weighted by molar-refractivity contribution is 6.31. The van der Waals surface area contributed by atoms with Gasteiger partial charge in [0.1, 0.15) is 5.58 Å². The molecule has 1 atom stereocenters. The molecule has 1 amide bonds. The Labute approximate surface area is 115 Å². The zero-order valence-electron chi connectivity index (χ0n) is 10.4. The normalized spacial score (nSPS) is 12.6. The quantitative estimate of drug-likeness (QED) is 0.878. The summed E-state index contributed by atoms with van der Waals surface area (Å²) in [7, 11) is 1.48. The highest BCUT2D eigenvalue weighted by atomic mass is 35.5. The monoisotopic (exact) mass is 283 g/mol. The minimum Gasteiger partial charge on any atom is -0.451 e. The van der Waals surface area contributed by atoms with Gasteiger partial charge >= 0.3 is 0 Å². The summed E-state index contributed by atoms with van der Waals surface area (Å²) in [6, 6.07) is 6.72. The van der Waals surface area contributed by atoms with E-state index in [2.05, 4.69) is 5.32 Å². The second-order valence-electron chi connectivity index (χ2n) is 4.11. The fraction of sp³-hybridized carbons (Fsp3) is 0.308. The number of ether oxygens (including phenoxy) is 1. The van der Waals surface area contributed by atoms with Gasteiger partial charge in [0.25, 0.3) is 5.91 Å². The Morgan fingerprint density at radius 1 is 1.53 bits per heavy atom. The molecule has 1 unspecified atom stereocenters. The predicted octanol–water partition coefficient (Wildman–Crippen LogP) is 1.82. The summed E-state index contributed by atoms with van der Waals surface area (Å²) < 4.78 is 10.2. The number of aliphatic hydroxyl groups excluding tert-OH is 1. The van der Waals surface area contributed by atoms with E-state index in [-0.39, 0.29) is 24.8 Å². The van der Waals surface area contributed by atoms with Crippen molar-refractivity contribution in [2.75, 3.05) is 20.3 Å². The molecule has 5 nitrogen and oxygen atoms in total. The predicted molar refractivity (Wildman–Crippen MR) is 71.4 cm³/mol. The van der Waals surface area contributed by atoms with Crippen LogP contribution in [0.25, 0.3) is 11.0 Å². The number of nitrogens with one attached hydrogen (secondary N) is 1. The van der Waals surface area contributed by atoms with Crippen molar-refractivity contribution in [3.05, 3.63) is 35.0 Å². The molecule has 0 spiro atoms. The smallest absolute Gasteiger partial charge is 0.287 e. The van der Waals surface area contributed by atoms with Crippen LogP contribution < -0.4 is 5.32 Å². The zero-order chi connectivity index (χ0) is 13.8. The van der Waals surface area contributed by atoms with Crippen LogP contribution in [-0.4, -0.2) is 37.4 Å². The molecule has 2 aromatic rings. The van der Waals surface area contributed by atoms with Crippen molar-refractivity contribution < 1.29 is 19.1 Å². The summed E-state index contributed by atoms with van der Waals surface area (Å²) in [5.74, 6) is -0.204. The minimum absolute atomic E-state index is 0.102. The molecule has 1 aromatic carbocycles. The number of carbonyl (C=O) groups is 1. The summed E-state index contributed by atoms with van der Waals surface area (Å²) in [6.45, 7) is 0.264. The molecule has 1 heterocycles. The first-order valence-corrected chi connectivity index (χ1v) is 6.12. The molecule has 0 aliphatic heterocycles. The average molecular weight is 284 g/mol. The average Bonchev–Trinajstić information content (AvgIpc) is 2.79. The van der Waals surface area contributed by atoms with Crippen molar-refractivity contribution >= 4 is 28.5 Å². The van der Waals surface area contributed by atoms with Gasteiger partial charge in [0, 0.05) is 24.1 Å². The Morgan fingerprint density at radius 2 is 2.32 bits per heavy atom. The van der Waals surface area contributed by atoms with E-state index in [0.29, 0.717) is 10.6 Å². The van der Waals surface area contributed by atoms with E-state index in [1.54, 1.807) is 24.3 Å². The second kappa shape index (κ2) is 6.06. The Kier molecular flexibility index (Phi) is 4.42. The van der Waals surface area contributed by atoms with Gasteiger partial charge < -0.3 is 19.6 Å². The van der Waals surface area contributed by atoms with Gasteiger partial charge in [-0.05, 0) is 24.3 Å². The molecule has 2 N–H and O–H groups in total. The van der Waals surface area contributed by atoms with Gasteiger partial charge in [0.05, 0.1) is 12.7 Å². The molecular weight excluding hydrogens is 270 g/mol. The molecule has 19 heavy (non-hydrogen) atoms. The van der Waals surface area contributed by atoms with Crippen LogP contribution in [0.1, 0.15) is 10.6 Å². The van der Waals surface area contributed by atoms with Crippen LogP contribution in [0.15, 0.2) is 28.7 Å². The van der Waals surface area contributed by atoms with Gasteiger partial charge in [0.2, 0.25) is 0 Å². The van der Waals surface area contributed by atoms with Gasteiger partial charge in [-0.15, -0.1) is 0 Å². The number of hydrogen-bond acceptors (Lipinski definition) is 4.